The van der Waals surface area contributed by atoms with Gasteiger partial charge in [0.2, 0.25) is 5.91 Å². The highest BCUT2D eigenvalue weighted by atomic mass is 16.5. The maximum Gasteiger partial charge on any atom is 0.227 e. The molecular formula is C17H32N2O3. The molecule has 1 atom stereocenters. The fraction of sp³-hybridized carbons (Fsp3) is 0.941. The summed E-state index contributed by atoms with van der Waals surface area (Å²) in [5.41, 5.74) is -0.278. The number of amides is 1. The van der Waals surface area contributed by atoms with Gasteiger partial charge in [-0.25, -0.2) is 0 Å². The monoisotopic (exact) mass is 312 g/mol. The van der Waals surface area contributed by atoms with Crippen molar-refractivity contribution in [1.29, 1.82) is 0 Å². The Balaban J connectivity index is 1.64. The molecule has 2 heterocycles. The molecule has 0 saturated carbocycles. The Bertz CT molecular complexity index is 348. The molecular weight excluding hydrogens is 280 g/mol. The van der Waals surface area contributed by atoms with E-state index in [1.165, 1.54) is 0 Å². The number of nitrogens with zero attached hydrogens (tertiary/aromatic N) is 2. The van der Waals surface area contributed by atoms with Crippen LogP contribution < -0.4 is 0 Å². The molecule has 0 N–H and O–H groups in total. The second-order valence-electron chi connectivity index (χ2n) is 7.45. The number of carbonyl (C=O) groups excluding carboxylic acids is 1. The van der Waals surface area contributed by atoms with Gasteiger partial charge in [-0.3, -0.25) is 9.69 Å². The Labute approximate surface area is 134 Å². The molecule has 2 rings (SSSR count). The number of hydrogen-bond acceptors (Lipinski definition) is 4. The summed E-state index contributed by atoms with van der Waals surface area (Å²) in [4.78, 5) is 16.8. The van der Waals surface area contributed by atoms with Crippen LogP contribution in [0.25, 0.3) is 0 Å². The molecule has 2 aliphatic heterocycles. The van der Waals surface area contributed by atoms with Gasteiger partial charge in [-0.05, 0) is 25.8 Å². The Morgan fingerprint density at radius 1 is 1.18 bits per heavy atom. The molecule has 2 aliphatic rings. The molecule has 0 aromatic rings. The minimum atomic E-state index is -0.278. The average Bonchev–Trinajstić information content (AvgIpc) is 2.87. The summed E-state index contributed by atoms with van der Waals surface area (Å²) in [6, 6.07) is 0. The first-order valence-electron chi connectivity index (χ1n) is 8.68. The first kappa shape index (κ1) is 17.7. The molecule has 0 aromatic heterocycles. The molecule has 0 radical (unpaired) electrons. The third-order valence-electron chi connectivity index (χ3n) is 4.40. The topological polar surface area (TPSA) is 42.0 Å². The summed E-state index contributed by atoms with van der Waals surface area (Å²) in [5, 5.41) is 0. The summed E-state index contributed by atoms with van der Waals surface area (Å²) >= 11 is 0. The Morgan fingerprint density at radius 3 is 2.68 bits per heavy atom. The van der Waals surface area contributed by atoms with E-state index in [0.717, 1.165) is 71.8 Å². The van der Waals surface area contributed by atoms with Gasteiger partial charge >= 0.3 is 0 Å². The van der Waals surface area contributed by atoms with E-state index in [9.17, 15) is 4.79 Å². The molecule has 5 heteroatoms. The van der Waals surface area contributed by atoms with Crippen molar-refractivity contribution in [2.45, 2.75) is 46.1 Å². The second kappa shape index (κ2) is 8.27. The molecule has 1 amide bonds. The van der Waals surface area contributed by atoms with Crippen LogP contribution in [0.4, 0.5) is 0 Å². The maximum absolute atomic E-state index is 12.4. The fourth-order valence-electron chi connectivity index (χ4n) is 3.06. The van der Waals surface area contributed by atoms with Crippen molar-refractivity contribution in [1.82, 2.24) is 9.80 Å². The standard InChI is InChI=1S/C17H32N2O3/c1-17(2,3)16(20)19-8-5-7-18(9-10-19)11-13-21-14-15-6-4-12-22-15/h15H,4-14H2,1-3H3/t15-/m0/s1. The molecule has 0 spiro atoms. The lowest BCUT2D eigenvalue weighted by Gasteiger charge is -2.28. The molecule has 5 nitrogen and oxygen atoms in total. The normalized spacial score (nSPS) is 24.5. The van der Waals surface area contributed by atoms with Crippen LogP contribution in [0, 0.1) is 5.41 Å². The van der Waals surface area contributed by atoms with Gasteiger partial charge in [0, 0.05) is 38.2 Å². The smallest absolute Gasteiger partial charge is 0.227 e. The summed E-state index contributed by atoms with van der Waals surface area (Å²) in [5.74, 6) is 0.268. The van der Waals surface area contributed by atoms with E-state index in [2.05, 4.69) is 4.90 Å². The van der Waals surface area contributed by atoms with Crippen molar-refractivity contribution in [3.05, 3.63) is 0 Å². The van der Waals surface area contributed by atoms with E-state index in [-0.39, 0.29) is 11.3 Å². The lowest BCUT2D eigenvalue weighted by Crippen LogP contribution is -2.41. The summed E-state index contributed by atoms with van der Waals surface area (Å²) < 4.78 is 11.3. The highest BCUT2D eigenvalue weighted by Crippen LogP contribution is 2.18. The zero-order valence-corrected chi connectivity index (χ0v) is 14.5. The van der Waals surface area contributed by atoms with Crippen molar-refractivity contribution >= 4 is 5.91 Å². The largest absolute Gasteiger partial charge is 0.377 e. The first-order chi connectivity index (χ1) is 10.5. The van der Waals surface area contributed by atoms with Gasteiger partial charge in [-0.1, -0.05) is 20.8 Å². The predicted molar refractivity (Wildman–Crippen MR) is 86.9 cm³/mol. The van der Waals surface area contributed by atoms with Crippen LogP contribution in [0.2, 0.25) is 0 Å². The van der Waals surface area contributed by atoms with Crippen LogP contribution in [-0.4, -0.2) is 74.4 Å². The van der Waals surface area contributed by atoms with Crippen molar-refractivity contribution in [2.75, 3.05) is 52.5 Å². The van der Waals surface area contributed by atoms with E-state index in [1.54, 1.807) is 0 Å². The Kier molecular flexibility index (Phi) is 6.66. The average molecular weight is 312 g/mol. The minimum Gasteiger partial charge on any atom is -0.377 e. The van der Waals surface area contributed by atoms with E-state index in [4.69, 9.17) is 9.47 Å². The SMILES string of the molecule is CC(C)(C)C(=O)N1CCCN(CCOC[C@@H]2CCCO2)CC1. The second-order valence-corrected chi connectivity index (χ2v) is 7.45. The van der Waals surface area contributed by atoms with E-state index >= 15 is 0 Å². The maximum atomic E-state index is 12.4. The number of carbonyl (C=O) groups is 1. The van der Waals surface area contributed by atoms with Crippen LogP contribution in [0.15, 0.2) is 0 Å². The van der Waals surface area contributed by atoms with Crippen molar-refractivity contribution in [3.8, 4) is 0 Å². The van der Waals surface area contributed by atoms with E-state index < -0.39 is 0 Å². The third-order valence-corrected chi connectivity index (χ3v) is 4.40. The number of ether oxygens (including phenoxy) is 2. The van der Waals surface area contributed by atoms with Gasteiger partial charge < -0.3 is 14.4 Å². The van der Waals surface area contributed by atoms with Gasteiger partial charge in [-0.15, -0.1) is 0 Å². The van der Waals surface area contributed by atoms with E-state index in [0.29, 0.717) is 6.10 Å². The lowest BCUT2D eigenvalue weighted by atomic mass is 9.94. The third kappa shape index (κ3) is 5.52. The van der Waals surface area contributed by atoms with Gasteiger partial charge in [-0.2, -0.15) is 0 Å². The summed E-state index contributed by atoms with van der Waals surface area (Å²) in [6.45, 7) is 13.0. The van der Waals surface area contributed by atoms with Gasteiger partial charge in [0.1, 0.15) is 0 Å². The molecule has 22 heavy (non-hydrogen) atoms. The van der Waals surface area contributed by atoms with Crippen LogP contribution in [0.1, 0.15) is 40.0 Å². The number of hydrogen-bond donors (Lipinski definition) is 0. The highest BCUT2D eigenvalue weighted by molar-refractivity contribution is 5.81. The predicted octanol–water partition coefficient (Wildman–Crippen LogP) is 1.76. The molecule has 2 saturated heterocycles. The van der Waals surface area contributed by atoms with Crippen LogP contribution >= 0.6 is 0 Å². The van der Waals surface area contributed by atoms with Crippen molar-refractivity contribution in [3.63, 3.8) is 0 Å². The van der Waals surface area contributed by atoms with Crippen molar-refractivity contribution in [2.24, 2.45) is 5.41 Å². The zero-order valence-electron chi connectivity index (χ0n) is 14.5. The fourth-order valence-corrected chi connectivity index (χ4v) is 3.06. The molecule has 0 bridgehead atoms. The van der Waals surface area contributed by atoms with Crippen LogP contribution in [0.3, 0.4) is 0 Å². The van der Waals surface area contributed by atoms with Crippen molar-refractivity contribution < 1.29 is 14.3 Å². The first-order valence-corrected chi connectivity index (χ1v) is 8.68. The van der Waals surface area contributed by atoms with Crippen LogP contribution in [-0.2, 0) is 14.3 Å². The number of rotatable bonds is 5. The van der Waals surface area contributed by atoms with Crippen LogP contribution in [0.5, 0.6) is 0 Å². The molecule has 2 fully saturated rings. The lowest BCUT2D eigenvalue weighted by molar-refractivity contribution is -0.139. The van der Waals surface area contributed by atoms with Gasteiger partial charge in [0.15, 0.2) is 0 Å². The summed E-state index contributed by atoms with van der Waals surface area (Å²) in [7, 11) is 0. The molecule has 0 aromatic carbocycles. The van der Waals surface area contributed by atoms with Gasteiger partial charge in [0.25, 0.3) is 0 Å². The van der Waals surface area contributed by atoms with Gasteiger partial charge in [0.05, 0.1) is 19.3 Å². The van der Waals surface area contributed by atoms with E-state index in [1.807, 2.05) is 25.7 Å². The highest BCUT2D eigenvalue weighted by Gasteiger charge is 2.28. The minimum absolute atomic E-state index is 0.268. The molecule has 128 valence electrons. The summed E-state index contributed by atoms with van der Waals surface area (Å²) in [6.07, 6.45) is 3.66. The molecule has 0 unspecified atom stereocenters. The Morgan fingerprint density at radius 2 is 2.00 bits per heavy atom. The quantitative estimate of drug-likeness (QED) is 0.726. The zero-order chi connectivity index (χ0) is 16.0. The Hall–Kier alpha value is -0.650. The molecule has 0 aliphatic carbocycles.